The van der Waals surface area contributed by atoms with Crippen LogP contribution in [0.15, 0.2) is 18.3 Å². The van der Waals surface area contributed by atoms with Gasteiger partial charge < -0.3 is 15.0 Å². The fourth-order valence-electron chi connectivity index (χ4n) is 2.31. The molecule has 2 rings (SSSR count). The molecule has 1 aromatic rings. The highest BCUT2D eigenvalue weighted by molar-refractivity contribution is 5.68. The van der Waals surface area contributed by atoms with Crippen LogP contribution in [0.25, 0.3) is 0 Å². The highest BCUT2D eigenvalue weighted by Crippen LogP contribution is 2.34. The number of carbonyl (C=O) groups is 1. The molecule has 0 bridgehead atoms. The Kier molecular flexibility index (Phi) is 4.72. The molecule has 23 heavy (non-hydrogen) atoms. The van der Waals surface area contributed by atoms with Crippen LogP contribution in [0.3, 0.4) is 0 Å². The van der Waals surface area contributed by atoms with E-state index in [0.717, 1.165) is 6.07 Å². The molecule has 1 amide bonds. The number of alkyl halides is 3. The monoisotopic (exact) mass is 331 g/mol. The molecule has 5 nitrogen and oxygen atoms in total. The van der Waals surface area contributed by atoms with Crippen LogP contribution < -0.4 is 5.32 Å². The normalized spacial score (nSPS) is 18.9. The number of amides is 1. The molecule has 1 atom stereocenters. The quantitative estimate of drug-likeness (QED) is 0.901. The van der Waals surface area contributed by atoms with Crippen LogP contribution in [-0.4, -0.2) is 40.7 Å². The third kappa shape index (κ3) is 4.74. The van der Waals surface area contributed by atoms with Gasteiger partial charge in [-0.3, -0.25) is 0 Å². The highest BCUT2D eigenvalue weighted by Gasteiger charge is 2.36. The molecule has 1 N–H and O–H groups in total. The molecule has 0 radical (unpaired) electrons. The van der Waals surface area contributed by atoms with E-state index in [9.17, 15) is 18.0 Å². The molecule has 0 saturated carbocycles. The molecule has 1 aliphatic rings. The van der Waals surface area contributed by atoms with Crippen LogP contribution in [0.1, 0.15) is 32.8 Å². The lowest BCUT2D eigenvalue weighted by Gasteiger charge is -2.24. The van der Waals surface area contributed by atoms with Gasteiger partial charge in [-0.05, 0) is 39.3 Å². The van der Waals surface area contributed by atoms with E-state index in [1.165, 1.54) is 17.2 Å². The molecule has 0 aliphatic carbocycles. The van der Waals surface area contributed by atoms with Crippen molar-refractivity contribution in [2.45, 2.75) is 45.0 Å². The molecule has 1 saturated heterocycles. The molecule has 8 heteroatoms. The zero-order valence-corrected chi connectivity index (χ0v) is 13.3. The minimum Gasteiger partial charge on any atom is -0.444 e. The van der Waals surface area contributed by atoms with Crippen LogP contribution in [0.4, 0.5) is 23.8 Å². The first-order valence-electron chi connectivity index (χ1n) is 7.33. The van der Waals surface area contributed by atoms with Crippen molar-refractivity contribution in [2.75, 3.05) is 18.4 Å². The number of nitrogens with zero attached hydrogens (tertiary/aromatic N) is 2. The number of carbonyl (C=O) groups excluding carboxylic acids is 1. The van der Waals surface area contributed by atoms with E-state index in [-0.39, 0.29) is 18.4 Å². The van der Waals surface area contributed by atoms with Gasteiger partial charge in [-0.25, -0.2) is 9.78 Å². The van der Waals surface area contributed by atoms with Crippen molar-refractivity contribution >= 4 is 11.9 Å². The van der Waals surface area contributed by atoms with Crippen LogP contribution in [0.5, 0.6) is 0 Å². The summed E-state index contributed by atoms with van der Waals surface area (Å²) in [6.45, 7) is 6.00. The third-order valence-electron chi connectivity index (χ3n) is 3.29. The summed E-state index contributed by atoms with van der Waals surface area (Å²) in [6.07, 6.45) is -3.09. The average Bonchev–Trinajstić information content (AvgIpc) is 2.85. The molecule has 2 heterocycles. The van der Waals surface area contributed by atoms with Crippen molar-refractivity contribution < 1.29 is 22.7 Å². The second-order valence-electron chi connectivity index (χ2n) is 6.45. The number of aromatic nitrogens is 1. The van der Waals surface area contributed by atoms with Gasteiger partial charge >= 0.3 is 12.3 Å². The summed E-state index contributed by atoms with van der Waals surface area (Å²) < 4.78 is 44.1. The summed E-state index contributed by atoms with van der Waals surface area (Å²) in [7, 11) is 0. The number of rotatable bonds is 2. The average molecular weight is 331 g/mol. The van der Waals surface area contributed by atoms with Crippen molar-refractivity contribution in [3.05, 3.63) is 23.9 Å². The predicted molar refractivity (Wildman–Crippen MR) is 79.1 cm³/mol. The Morgan fingerprint density at radius 2 is 2.09 bits per heavy atom. The summed E-state index contributed by atoms with van der Waals surface area (Å²) in [6, 6.07) is 1.93. The molecule has 0 spiro atoms. The Morgan fingerprint density at radius 1 is 1.39 bits per heavy atom. The van der Waals surface area contributed by atoms with Gasteiger partial charge in [0.15, 0.2) is 0 Å². The fraction of sp³-hybridized carbons (Fsp3) is 0.600. The Hall–Kier alpha value is -1.99. The van der Waals surface area contributed by atoms with E-state index in [0.29, 0.717) is 13.0 Å². The van der Waals surface area contributed by atoms with E-state index in [1.807, 2.05) is 0 Å². The maximum atomic E-state index is 12.9. The van der Waals surface area contributed by atoms with Crippen LogP contribution in [0, 0.1) is 0 Å². The van der Waals surface area contributed by atoms with Crippen LogP contribution in [0.2, 0.25) is 0 Å². The largest absolute Gasteiger partial charge is 0.444 e. The maximum absolute atomic E-state index is 12.9. The van der Waals surface area contributed by atoms with Gasteiger partial charge in [0.25, 0.3) is 0 Å². The molecule has 128 valence electrons. The number of nitrogens with one attached hydrogen (secondary N) is 1. The Morgan fingerprint density at radius 3 is 2.70 bits per heavy atom. The first kappa shape index (κ1) is 17.4. The Balaban J connectivity index is 2.00. The first-order chi connectivity index (χ1) is 10.6. The fourth-order valence-corrected chi connectivity index (χ4v) is 2.31. The summed E-state index contributed by atoms with van der Waals surface area (Å²) in [5.41, 5.74) is -1.41. The second-order valence-corrected chi connectivity index (χ2v) is 6.45. The minimum absolute atomic E-state index is 0.212. The van der Waals surface area contributed by atoms with Crippen molar-refractivity contribution in [3.63, 3.8) is 0 Å². The molecule has 1 aromatic heterocycles. The van der Waals surface area contributed by atoms with E-state index < -0.39 is 23.4 Å². The number of likely N-dealkylation sites (tertiary alicyclic amines) is 1. The number of hydrogen-bond donors (Lipinski definition) is 1. The predicted octanol–water partition coefficient (Wildman–Crippen LogP) is 3.52. The third-order valence-corrected chi connectivity index (χ3v) is 3.29. The SMILES string of the molecule is CC(C)(C)OC(=O)N1CCC(Nc2ncccc2C(F)(F)F)C1. The van der Waals surface area contributed by atoms with Crippen molar-refractivity contribution in [2.24, 2.45) is 0 Å². The van der Waals surface area contributed by atoms with Gasteiger partial charge in [0.2, 0.25) is 0 Å². The molecule has 1 unspecified atom stereocenters. The zero-order chi connectivity index (χ0) is 17.3. The smallest absolute Gasteiger partial charge is 0.419 e. The standard InChI is InChI=1S/C15H20F3N3O2/c1-14(2,3)23-13(22)21-8-6-10(9-21)20-12-11(15(16,17)18)5-4-7-19-12/h4-5,7,10H,6,8-9H2,1-3H3,(H,19,20). The topological polar surface area (TPSA) is 54.5 Å². The van der Waals surface area contributed by atoms with Gasteiger partial charge in [0.05, 0.1) is 5.56 Å². The summed E-state index contributed by atoms with van der Waals surface area (Å²) in [5.74, 6) is -0.212. The van der Waals surface area contributed by atoms with Crippen molar-refractivity contribution in [1.82, 2.24) is 9.88 Å². The van der Waals surface area contributed by atoms with E-state index in [1.54, 1.807) is 20.8 Å². The highest BCUT2D eigenvalue weighted by atomic mass is 19.4. The number of pyridine rings is 1. The van der Waals surface area contributed by atoms with E-state index in [2.05, 4.69) is 10.3 Å². The lowest BCUT2D eigenvalue weighted by Crippen LogP contribution is -2.36. The number of ether oxygens (including phenoxy) is 1. The summed E-state index contributed by atoms with van der Waals surface area (Å²) in [5, 5.41) is 2.78. The Bertz CT molecular complexity index is 570. The van der Waals surface area contributed by atoms with Gasteiger partial charge in [-0.2, -0.15) is 13.2 Å². The molecular formula is C15H20F3N3O2. The first-order valence-corrected chi connectivity index (χ1v) is 7.33. The number of halogens is 3. The van der Waals surface area contributed by atoms with E-state index >= 15 is 0 Å². The zero-order valence-electron chi connectivity index (χ0n) is 13.3. The Labute approximate surface area is 132 Å². The molecular weight excluding hydrogens is 311 g/mol. The van der Waals surface area contributed by atoms with Crippen molar-refractivity contribution in [1.29, 1.82) is 0 Å². The van der Waals surface area contributed by atoms with Gasteiger partial charge in [0, 0.05) is 25.3 Å². The van der Waals surface area contributed by atoms with Crippen LogP contribution in [-0.2, 0) is 10.9 Å². The summed E-state index contributed by atoms with van der Waals surface area (Å²) >= 11 is 0. The van der Waals surface area contributed by atoms with E-state index in [4.69, 9.17) is 4.74 Å². The van der Waals surface area contributed by atoms with Gasteiger partial charge in [0.1, 0.15) is 11.4 Å². The van der Waals surface area contributed by atoms with Crippen molar-refractivity contribution in [3.8, 4) is 0 Å². The number of hydrogen-bond acceptors (Lipinski definition) is 4. The summed E-state index contributed by atoms with van der Waals surface area (Å²) in [4.78, 5) is 17.2. The lowest BCUT2D eigenvalue weighted by atomic mass is 10.2. The number of anilines is 1. The maximum Gasteiger partial charge on any atom is 0.419 e. The van der Waals surface area contributed by atoms with Gasteiger partial charge in [-0.15, -0.1) is 0 Å². The lowest BCUT2D eigenvalue weighted by molar-refractivity contribution is -0.137. The second kappa shape index (κ2) is 6.25. The molecule has 1 aliphatic heterocycles. The molecule has 0 aromatic carbocycles. The molecule has 1 fully saturated rings. The van der Waals surface area contributed by atoms with Crippen LogP contribution >= 0.6 is 0 Å². The van der Waals surface area contributed by atoms with Gasteiger partial charge in [-0.1, -0.05) is 0 Å². The minimum atomic E-state index is -4.47.